The van der Waals surface area contributed by atoms with Crippen molar-refractivity contribution in [3.63, 3.8) is 0 Å². The second kappa shape index (κ2) is 4.67. The Kier molecular flexibility index (Phi) is 2.99. The molecule has 0 aliphatic heterocycles. The second-order valence-corrected chi connectivity index (χ2v) is 4.64. The Morgan fingerprint density at radius 3 is 2.74 bits per heavy atom. The Morgan fingerprint density at radius 1 is 1.26 bits per heavy atom. The molecule has 8 nitrogen and oxygen atoms in total. The molecule has 0 amide bonds. The minimum absolute atomic E-state index is 0.0850. The molecule has 3 heterocycles. The summed E-state index contributed by atoms with van der Waals surface area (Å²) in [5.74, 6) is 0.753. The van der Waals surface area contributed by atoms with Crippen LogP contribution < -0.4 is 0 Å². The van der Waals surface area contributed by atoms with Gasteiger partial charge >= 0.3 is 0 Å². The molecular formula is C9H6BrClN8. The van der Waals surface area contributed by atoms with E-state index < -0.39 is 0 Å². The van der Waals surface area contributed by atoms with Crippen molar-refractivity contribution in [1.29, 1.82) is 0 Å². The molecule has 0 atom stereocenters. The lowest BCUT2D eigenvalue weighted by atomic mass is 10.4. The molecule has 0 fully saturated rings. The van der Waals surface area contributed by atoms with E-state index >= 15 is 0 Å². The van der Waals surface area contributed by atoms with E-state index in [1.54, 1.807) is 35.0 Å². The highest BCUT2D eigenvalue weighted by Gasteiger charge is 2.16. The van der Waals surface area contributed by atoms with Gasteiger partial charge in [-0.1, -0.05) is 5.21 Å². The first-order valence-corrected chi connectivity index (χ1v) is 6.27. The Labute approximate surface area is 120 Å². The predicted octanol–water partition coefficient (Wildman–Crippen LogP) is 1.27. The van der Waals surface area contributed by atoms with E-state index in [0.717, 1.165) is 0 Å². The third-order valence-electron chi connectivity index (χ3n) is 2.33. The molecule has 3 aromatic rings. The lowest BCUT2D eigenvalue weighted by Gasteiger charge is -2.04. The first kappa shape index (κ1) is 12.2. The van der Waals surface area contributed by atoms with Crippen LogP contribution in [0.15, 0.2) is 23.3 Å². The highest BCUT2D eigenvalue weighted by molar-refractivity contribution is 9.10. The van der Waals surface area contributed by atoms with Crippen LogP contribution in [0.25, 0.3) is 17.5 Å². The number of aryl methyl sites for hydroxylation is 1. The van der Waals surface area contributed by atoms with Crippen molar-refractivity contribution in [2.24, 2.45) is 7.05 Å². The molecule has 0 unspecified atom stereocenters. The van der Waals surface area contributed by atoms with Crippen molar-refractivity contribution in [2.75, 3.05) is 0 Å². The van der Waals surface area contributed by atoms with Gasteiger partial charge in [0.1, 0.15) is 12.0 Å². The fourth-order valence-electron chi connectivity index (χ4n) is 1.51. The quantitative estimate of drug-likeness (QED) is 0.697. The molecular weight excluding hydrogens is 336 g/mol. The molecule has 0 saturated carbocycles. The van der Waals surface area contributed by atoms with Gasteiger partial charge in [0.15, 0.2) is 10.4 Å². The van der Waals surface area contributed by atoms with Gasteiger partial charge in [-0.15, -0.1) is 5.10 Å². The minimum Gasteiger partial charge on any atom is -0.274 e. The summed E-state index contributed by atoms with van der Waals surface area (Å²) in [4.78, 5) is 16.4. The normalized spacial score (nSPS) is 10.9. The smallest absolute Gasteiger partial charge is 0.239 e. The van der Waals surface area contributed by atoms with E-state index in [2.05, 4.69) is 46.2 Å². The number of rotatable bonds is 2. The van der Waals surface area contributed by atoms with Gasteiger partial charge in [-0.3, -0.25) is 4.57 Å². The molecule has 0 spiro atoms. The zero-order valence-electron chi connectivity index (χ0n) is 9.57. The number of hydrogen-bond donors (Lipinski definition) is 0. The van der Waals surface area contributed by atoms with E-state index in [1.807, 2.05) is 0 Å². The van der Waals surface area contributed by atoms with Gasteiger partial charge in [0.2, 0.25) is 11.2 Å². The molecule has 0 aromatic carbocycles. The van der Waals surface area contributed by atoms with Crippen LogP contribution in [0.1, 0.15) is 0 Å². The van der Waals surface area contributed by atoms with Gasteiger partial charge in [0, 0.05) is 19.4 Å². The van der Waals surface area contributed by atoms with Crippen LogP contribution in [0.4, 0.5) is 0 Å². The van der Waals surface area contributed by atoms with Gasteiger partial charge in [0.25, 0.3) is 0 Å². The van der Waals surface area contributed by atoms with Crippen molar-refractivity contribution in [2.45, 2.75) is 0 Å². The molecule has 0 saturated heterocycles. The summed E-state index contributed by atoms with van der Waals surface area (Å²) in [5, 5.41) is 7.84. The van der Waals surface area contributed by atoms with E-state index in [4.69, 9.17) is 11.6 Å². The monoisotopic (exact) mass is 340 g/mol. The van der Waals surface area contributed by atoms with Gasteiger partial charge in [0.05, 0.1) is 0 Å². The number of hydrogen-bond acceptors (Lipinski definition) is 6. The standard InChI is InChI=1S/C9H6BrClN8/c1-18-5(6(10)16-17-18)7-13-8(11)15-9(14-7)19-3-2-12-4-19/h2-4H,1H3. The molecule has 3 aromatic heterocycles. The summed E-state index contributed by atoms with van der Waals surface area (Å²) in [6, 6.07) is 0. The first-order chi connectivity index (χ1) is 9.15. The molecule has 0 aliphatic carbocycles. The van der Waals surface area contributed by atoms with Crippen LogP contribution in [-0.4, -0.2) is 39.5 Å². The summed E-state index contributed by atoms with van der Waals surface area (Å²) >= 11 is 9.22. The van der Waals surface area contributed by atoms with Crippen molar-refractivity contribution in [3.05, 3.63) is 28.6 Å². The Balaban J connectivity index is 2.18. The Hall–Kier alpha value is -1.87. The molecule has 19 heavy (non-hydrogen) atoms. The Bertz CT molecular complexity index is 702. The summed E-state index contributed by atoms with van der Waals surface area (Å²) < 4.78 is 3.72. The first-order valence-electron chi connectivity index (χ1n) is 5.10. The van der Waals surface area contributed by atoms with E-state index in [-0.39, 0.29) is 5.28 Å². The minimum atomic E-state index is 0.0850. The van der Waals surface area contributed by atoms with Crippen molar-refractivity contribution in [1.82, 2.24) is 39.5 Å². The summed E-state index contributed by atoms with van der Waals surface area (Å²) in [6.07, 6.45) is 4.91. The molecule has 96 valence electrons. The number of imidazole rings is 1. The molecule has 3 rings (SSSR count). The second-order valence-electron chi connectivity index (χ2n) is 3.55. The zero-order chi connectivity index (χ0) is 13.4. The number of nitrogens with zero attached hydrogens (tertiary/aromatic N) is 8. The van der Waals surface area contributed by atoms with Crippen LogP contribution in [0, 0.1) is 0 Å². The summed E-state index contributed by atoms with van der Waals surface area (Å²) in [6.45, 7) is 0. The Morgan fingerprint density at radius 2 is 2.11 bits per heavy atom. The largest absolute Gasteiger partial charge is 0.274 e. The molecule has 0 aliphatic rings. The average molecular weight is 342 g/mol. The van der Waals surface area contributed by atoms with Crippen LogP contribution in [0.2, 0.25) is 5.28 Å². The molecule has 0 radical (unpaired) electrons. The van der Waals surface area contributed by atoms with Crippen molar-refractivity contribution in [3.8, 4) is 17.5 Å². The summed E-state index contributed by atoms with van der Waals surface area (Å²) in [5.41, 5.74) is 0.616. The predicted molar refractivity (Wildman–Crippen MR) is 69.7 cm³/mol. The highest BCUT2D eigenvalue weighted by Crippen LogP contribution is 2.23. The van der Waals surface area contributed by atoms with Gasteiger partial charge < -0.3 is 0 Å². The number of aromatic nitrogens is 8. The summed E-state index contributed by atoms with van der Waals surface area (Å²) in [7, 11) is 1.74. The molecule has 0 N–H and O–H groups in total. The van der Waals surface area contributed by atoms with Gasteiger partial charge in [-0.2, -0.15) is 15.0 Å². The SMILES string of the molecule is Cn1nnc(Br)c1-c1nc(Cl)nc(-n2ccnc2)n1. The van der Waals surface area contributed by atoms with E-state index in [0.29, 0.717) is 22.1 Å². The number of halogens is 2. The topological polar surface area (TPSA) is 87.2 Å². The fourth-order valence-corrected chi connectivity index (χ4v) is 2.17. The molecule has 10 heteroatoms. The third kappa shape index (κ3) is 2.22. The van der Waals surface area contributed by atoms with Crippen LogP contribution in [0.5, 0.6) is 0 Å². The van der Waals surface area contributed by atoms with E-state index in [9.17, 15) is 0 Å². The lowest BCUT2D eigenvalue weighted by Crippen LogP contribution is -2.05. The maximum Gasteiger partial charge on any atom is 0.239 e. The van der Waals surface area contributed by atoms with Crippen LogP contribution >= 0.6 is 27.5 Å². The zero-order valence-corrected chi connectivity index (χ0v) is 11.9. The van der Waals surface area contributed by atoms with Crippen molar-refractivity contribution < 1.29 is 0 Å². The maximum atomic E-state index is 5.93. The van der Waals surface area contributed by atoms with Gasteiger partial charge in [-0.05, 0) is 27.5 Å². The van der Waals surface area contributed by atoms with Crippen LogP contribution in [0.3, 0.4) is 0 Å². The van der Waals surface area contributed by atoms with Crippen LogP contribution in [-0.2, 0) is 7.05 Å². The maximum absolute atomic E-state index is 5.93. The lowest BCUT2D eigenvalue weighted by molar-refractivity contribution is 0.715. The van der Waals surface area contributed by atoms with E-state index in [1.165, 1.54) is 0 Å². The highest BCUT2D eigenvalue weighted by atomic mass is 79.9. The average Bonchev–Trinajstić information content (AvgIpc) is 2.99. The van der Waals surface area contributed by atoms with Crippen molar-refractivity contribution >= 4 is 27.5 Å². The molecule has 0 bridgehead atoms. The van der Waals surface area contributed by atoms with Gasteiger partial charge in [-0.25, -0.2) is 9.67 Å². The third-order valence-corrected chi connectivity index (χ3v) is 3.03. The fraction of sp³-hybridized carbons (Fsp3) is 0.111.